The molecule has 0 aliphatic carbocycles. The molecular formula is C22H18F2N4O6S. The predicted octanol–water partition coefficient (Wildman–Crippen LogP) is 2.83. The Labute approximate surface area is 197 Å². The van der Waals surface area contributed by atoms with Crippen LogP contribution < -0.4 is 19.8 Å². The van der Waals surface area contributed by atoms with Crippen LogP contribution in [0.3, 0.4) is 0 Å². The quantitative estimate of drug-likeness (QED) is 0.364. The van der Waals surface area contributed by atoms with E-state index in [1.54, 1.807) is 12.1 Å². The molecule has 35 heavy (non-hydrogen) atoms. The minimum Gasteiger partial charge on any atom is -0.480 e. The maximum atomic E-state index is 14.1. The Morgan fingerprint density at radius 3 is 2.54 bits per heavy atom. The molecule has 1 N–H and O–H groups in total. The van der Waals surface area contributed by atoms with Crippen molar-refractivity contribution in [3.8, 4) is 22.8 Å². The molecular weight excluding hydrogens is 486 g/mol. The minimum absolute atomic E-state index is 0.0240. The lowest BCUT2D eigenvalue weighted by atomic mass is 10.1. The molecule has 10 nitrogen and oxygen atoms in total. The van der Waals surface area contributed by atoms with Gasteiger partial charge in [0, 0.05) is 36.7 Å². The number of aromatic nitrogens is 3. The zero-order valence-corrected chi connectivity index (χ0v) is 19.2. The molecule has 4 aromatic rings. The van der Waals surface area contributed by atoms with Crippen LogP contribution in [0.4, 0.5) is 14.5 Å². The summed E-state index contributed by atoms with van der Waals surface area (Å²) in [6.45, 7) is -0.136. The second-order valence-corrected chi connectivity index (χ2v) is 8.74. The van der Waals surface area contributed by atoms with Crippen molar-refractivity contribution in [1.29, 1.82) is 0 Å². The maximum Gasteiger partial charge on any atom is 0.300 e. The third kappa shape index (κ3) is 4.90. The van der Waals surface area contributed by atoms with Crippen LogP contribution in [0.5, 0.6) is 11.6 Å². The van der Waals surface area contributed by atoms with Crippen molar-refractivity contribution in [2.24, 2.45) is 0 Å². The Hall–Kier alpha value is -4.10. The summed E-state index contributed by atoms with van der Waals surface area (Å²) >= 11 is 0. The number of fused-ring (bicyclic) bond motifs is 1. The SMILES string of the molecule is COCOc1cnc2ccc(-c3cnc(OC)c(NS(=O)(=O)c4ccc(F)cc4F)c3)cn2c1=O. The van der Waals surface area contributed by atoms with Gasteiger partial charge in [0.2, 0.25) is 11.6 Å². The second-order valence-electron chi connectivity index (χ2n) is 7.09. The Morgan fingerprint density at radius 1 is 1.03 bits per heavy atom. The van der Waals surface area contributed by atoms with E-state index in [-0.39, 0.29) is 24.1 Å². The molecule has 0 aliphatic rings. The largest absolute Gasteiger partial charge is 0.480 e. The maximum absolute atomic E-state index is 14.1. The van der Waals surface area contributed by atoms with Crippen molar-refractivity contribution in [3.63, 3.8) is 0 Å². The highest BCUT2D eigenvalue weighted by Crippen LogP contribution is 2.30. The van der Waals surface area contributed by atoms with E-state index in [9.17, 15) is 22.0 Å². The van der Waals surface area contributed by atoms with E-state index in [0.29, 0.717) is 22.8 Å². The summed E-state index contributed by atoms with van der Waals surface area (Å²) in [6.07, 6.45) is 4.17. The number of benzene rings is 1. The fraction of sp³-hybridized carbons (Fsp3) is 0.136. The number of hydrogen-bond acceptors (Lipinski definition) is 8. The molecule has 3 aromatic heterocycles. The average molecular weight is 504 g/mol. The first-order valence-corrected chi connectivity index (χ1v) is 11.4. The summed E-state index contributed by atoms with van der Waals surface area (Å²) < 4.78 is 71.5. The topological polar surface area (TPSA) is 121 Å². The van der Waals surface area contributed by atoms with Gasteiger partial charge in [0.05, 0.1) is 13.3 Å². The molecule has 0 radical (unpaired) electrons. The van der Waals surface area contributed by atoms with E-state index in [1.165, 1.54) is 43.3 Å². The van der Waals surface area contributed by atoms with Crippen LogP contribution in [0.15, 0.2) is 64.7 Å². The highest BCUT2D eigenvalue weighted by molar-refractivity contribution is 7.92. The molecule has 0 aliphatic heterocycles. The standard InChI is InChI=1S/C22H18F2N4O6S/c1-32-12-34-18-10-25-20-6-3-13(11-28(20)22(18)29)14-7-17(21(33-2)26-9-14)27-35(30,31)19-5-4-15(23)8-16(19)24/h3-11,27H,12H2,1-2H3. The summed E-state index contributed by atoms with van der Waals surface area (Å²) in [5, 5.41) is 0. The molecule has 0 saturated carbocycles. The Kier molecular flexibility index (Phi) is 6.62. The van der Waals surface area contributed by atoms with Crippen LogP contribution in [-0.2, 0) is 14.8 Å². The van der Waals surface area contributed by atoms with Crippen molar-refractivity contribution in [2.75, 3.05) is 25.7 Å². The van der Waals surface area contributed by atoms with Gasteiger partial charge in [-0.05, 0) is 30.3 Å². The number of methoxy groups -OCH3 is 2. The van der Waals surface area contributed by atoms with Gasteiger partial charge in [0.1, 0.15) is 27.9 Å². The first-order valence-electron chi connectivity index (χ1n) is 9.89. The molecule has 182 valence electrons. The number of pyridine rings is 2. The van der Waals surface area contributed by atoms with Crippen molar-refractivity contribution < 1.29 is 31.4 Å². The monoisotopic (exact) mass is 504 g/mol. The van der Waals surface area contributed by atoms with Gasteiger partial charge in [-0.2, -0.15) is 0 Å². The lowest BCUT2D eigenvalue weighted by molar-refractivity contribution is 0.0496. The van der Waals surface area contributed by atoms with E-state index in [2.05, 4.69) is 14.7 Å². The number of sulfonamides is 1. The fourth-order valence-electron chi connectivity index (χ4n) is 3.19. The number of ether oxygens (including phenoxy) is 3. The molecule has 3 heterocycles. The van der Waals surface area contributed by atoms with E-state index < -0.39 is 32.1 Å². The molecule has 0 fully saturated rings. The third-order valence-corrected chi connectivity index (χ3v) is 6.21. The van der Waals surface area contributed by atoms with Crippen LogP contribution >= 0.6 is 0 Å². The highest BCUT2D eigenvalue weighted by Gasteiger charge is 2.22. The number of rotatable bonds is 8. The number of halogens is 2. The van der Waals surface area contributed by atoms with Gasteiger partial charge in [-0.1, -0.05) is 0 Å². The number of nitrogens with one attached hydrogen (secondary N) is 1. The molecule has 0 spiro atoms. The van der Waals surface area contributed by atoms with Crippen molar-refractivity contribution in [3.05, 3.63) is 77.0 Å². The van der Waals surface area contributed by atoms with Gasteiger partial charge in [-0.15, -0.1) is 0 Å². The van der Waals surface area contributed by atoms with E-state index in [4.69, 9.17) is 14.2 Å². The number of nitrogens with zero attached hydrogens (tertiary/aromatic N) is 3. The van der Waals surface area contributed by atoms with Crippen molar-refractivity contribution in [1.82, 2.24) is 14.4 Å². The van der Waals surface area contributed by atoms with E-state index in [0.717, 1.165) is 12.1 Å². The van der Waals surface area contributed by atoms with Crippen LogP contribution in [-0.4, -0.2) is 43.8 Å². The third-order valence-electron chi connectivity index (χ3n) is 4.81. The second kappa shape index (κ2) is 9.64. The van der Waals surface area contributed by atoms with Crippen molar-refractivity contribution in [2.45, 2.75) is 4.90 Å². The van der Waals surface area contributed by atoms with Crippen LogP contribution in [0.1, 0.15) is 0 Å². The Balaban J connectivity index is 1.75. The zero-order chi connectivity index (χ0) is 25.2. The lowest BCUT2D eigenvalue weighted by Gasteiger charge is -2.13. The molecule has 0 atom stereocenters. The van der Waals surface area contributed by atoms with Crippen molar-refractivity contribution >= 4 is 21.4 Å². The zero-order valence-electron chi connectivity index (χ0n) is 18.4. The summed E-state index contributed by atoms with van der Waals surface area (Å²) in [5.74, 6) is -2.29. The van der Waals surface area contributed by atoms with Gasteiger partial charge < -0.3 is 14.2 Å². The Morgan fingerprint density at radius 2 is 1.83 bits per heavy atom. The molecule has 1 aromatic carbocycles. The summed E-state index contributed by atoms with van der Waals surface area (Å²) in [6, 6.07) is 6.73. The molecule has 0 bridgehead atoms. The molecule has 0 saturated heterocycles. The Bertz CT molecular complexity index is 1580. The molecule has 13 heteroatoms. The lowest BCUT2D eigenvalue weighted by Crippen LogP contribution is -2.18. The van der Waals surface area contributed by atoms with E-state index in [1.807, 2.05) is 0 Å². The first kappa shape index (κ1) is 24.0. The van der Waals surface area contributed by atoms with Gasteiger partial charge in [-0.25, -0.2) is 27.2 Å². The highest BCUT2D eigenvalue weighted by atomic mass is 32.2. The average Bonchev–Trinajstić information content (AvgIpc) is 2.83. The first-order chi connectivity index (χ1) is 16.7. The smallest absolute Gasteiger partial charge is 0.300 e. The predicted molar refractivity (Wildman–Crippen MR) is 121 cm³/mol. The van der Waals surface area contributed by atoms with Gasteiger partial charge in [0.25, 0.3) is 15.6 Å². The fourth-order valence-corrected chi connectivity index (χ4v) is 4.30. The minimum atomic E-state index is -4.45. The molecule has 4 rings (SSSR count). The van der Waals surface area contributed by atoms with Crippen LogP contribution in [0.2, 0.25) is 0 Å². The van der Waals surface area contributed by atoms with Crippen LogP contribution in [0.25, 0.3) is 16.8 Å². The number of hydrogen-bond donors (Lipinski definition) is 1. The number of anilines is 1. The molecule has 0 unspecified atom stereocenters. The van der Waals surface area contributed by atoms with Gasteiger partial charge >= 0.3 is 0 Å². The normalized spacial score (nSPS) is 11.4. The van der Waals surface area contributed by atoms with E-state index >= 15 is 0 Å². The summed E-state index contributed by atoms with van der Waals surface area (Å²) in [4.78, 5) is 20.3. The van der Waals surface area contributed by atoms with Gasteiger partial charge in [-0.3, -0.25) is 13.9 Å². The molecule has 0 amide bonds. The summed E-state index contributed by atoms with van der Waals surface area (Å²) in [5.41, 5.74) is 0.645. The van der Waals surface area contributed by atoms with Gasteiger partial charge in [0.15, 0.2) is 6.79 Å². The van der Waals surface area contributed by atoms with Crippen LogP contribution in [0, 0.1) is 11.6 Å². The summed E-state index contributed by atoms with van der Waals surface area (Å²) in [7, 11) is -1.76.